The fraction of sp³-hybridized carbons (Fsp3) is 0.235. The van der Waals surface area contributed by atoms with Crippen LogP contribution in [0, 0.1) is 5.82 Å². The fourth-order valence-corrected chi connectivity index (χ4v) is 1.90. The lowest BCUT2D eigenvalue weighted by molar-refractivity contribution is 0.112. The summed E-state index contributed by atoms with van der Waals surface area (Å²) >= 11 is 0. The lowest BCUT2D eigenvalue weighted by atomic mass is 9.99. The molecule has 0 spiro atoms. The minimum absolute atomic E-state index is 0.117. The van der Waals surface area contributed by atoms with Gasteiger partial charge in [0.05, 0.1) is 0 Å². The molecule has 1 unspecified atom stereocenters. The van der Waals surface area contributed by atoms with Crippen LogP contribution in [0.5, 0.6) is 11.5 Å². The van der Waals surface area contributed by atoms with Crippen LogP contribution in [0.15, 0.2) is 42.5 Å². The molecule has 0 aliphatic carbocycles. The second-order valence-electron chi connectivity index (χ2n) is 4.79. The van der Waals surface area contributed by atoms with Crippen molar-refractivity contribution in [2.45, 2.75) is 26.2 Å². The van der Waals surface area contributed by atoms with Gasteiger partial charge in [0.25, 0.3) is 0 Å². The second kappa shape index (κ2) is 6.33. The largest absolute Gasteiger partial charge is 0.454 e. The molecule has 0 bridgehead atoms. The topological polar surface area (TPSA) is 26.3 Å². The first-order chi connectivity index (χ1) is 9.63. The van der Waals surface area contributed by atoms with E-state index in [0.29, 0.717) is 23.5 Å². The van der Waals surface area contributed by atoms with E-state index in [9.17, 15) is 9.18 Å². The average molecular weight is 272 g/mol. The highest BCUT2D eigenvalue weighted by atomic mass is 19.1. The number of rotatable bonds is 5. The van der Waals surface area contributed by atoms with Gasteiger partial charge in [-0.2, -0.15) is 0 Å². The predicted molar refractivity (Wildman–Crippen MR) is 77.0 cm³/mol. The highest BCUT2D eigenvalue weighted by Gasteiger charge is 2.07. The SMILES string of the molecule is CCC(C)c1ccc(Oc2ccc(C=O)cc2F)cc1. The van der Waals surface area contributed by atoms with Gasteiger partial charge in [0.2, 0.25) is 0 Å². The van der Waals surface area contributed by atoms with E-state index in [1.54, 1.807) is 0 Å². The number of carbonyl (C=O) groups is 1. The van der Waals surface area contributed by atoms with Gasteiger partial charge in [0.1, 0.15) is 12.0 Å². The van der Waals surface area contributed by atoms with Gasteiger partial charge in [-0.1, -0.05) is 26.0 Å². The summed E-state index contributed by atoms with van der Waals surface area (Å²) in [7, 11) is 0. The fourth-order valence-electron chi connectivity index (χ4n) is 1.90. The quantitative estimate of drug-likeness (QED) is 0.720. The molecule has 104 valence electrons. The molecular formula is C17H17FO2. The van der Waals surface area contributed by atoms with Crippen LogP contribution in [-0.2, 0) is 0 Å². The lowest BCUT2D eigenvalue weighted by Crippen LogP contribution is -1.93. The van der Waals surface area contributed by atoms with Crippen molar-refractivity contribution in [2.24, 2.45) is 0 Å². The maximum absolute atomic E-state index is 13.7. The molecule has 2 rings (SSSR count). The summed E-state index contributed by atoms with van der Waals surface area (Å²) in [6, 6.07) is 11.8. The van der Waals surface area contributed by atoms with Crippen LogP contribution in [0.1, 0.15) is 42.1 Å². The van der Waals surface area contributed by atoms with Gasteiger partial charge in [-0.05, 0) is 48.2 Å². The smallest absolute Gasteiger partial charge is 0.166 e. The maximum atomic E-state index is 13.7. The molecule has 0 saturated carbocycles. The molecule has 0 aliphatic rings. The predicted octanol–water partition coefficient (Wildman–Crippen LogP) is 4.94. The molecule has 0 heterocycles. The van der Waals surface area contributed by atoms with E-state index in [4.69, 9.17) is 4.74 Å². The van der Waals surface area contributed by atoms with Gasteiger partial charge < -0.3 is 4.74 Å². The summed E-state index contributed by atoms with van der Waals surface area (Å²) in [6.45, 7) is 4.30. The first kappa shape index (κ1) is 14.3. The van der Waals surface area contributed by atoms with Crippen molar-refractivity contribution in [1.82, 2.24) is 0 Å². The van der Waals surface area contributed by atoms with Crippen LogP contribution in [0.3, 0.4) is 0 Å². The van der Waals surface area contributed by atoms with E-state index >= 15 is 0 Å². The Morgan fingerprint density at radius 2 is 1.90 bits per heavy atom. The summed E-state index contributed by atoms with van der Waals surface area (Å²) in [6.07, 6.45) is 1.68. The van der Waals surface area contributed by atoms with E-state index in [2.05, 4.69) is 13.8 Å². The number of carbonyl (C=O) groups excluding carboxylic acids is 1. The minimum atomic E-state index is -0.541. The Morgan fingerprint density at radius 1 is 1.20 bits per heavy atom. The molecule has 2 aromatic carbocycles. The molecule has 0 radical (unpaired) electrons. The molecular weight excluding hydrogens is 255 g/mol. The monoisotopic (exact) mass is 272 g/mol. The Kier molecular flexibility index (Phi) is 4.51. The zero-order chi connectivity index (χ0) is 14.5. The van der Waals surface area contributed by atoms with Gasteiger partial charge in [-0.25, -0.2) is 4.39 Å². The van der Waals surface area contributed by atoms with Gasteiger partial charge in [0.15, 0.2) is 11.6 Å². The maximum Gasteiger partial charge on any atom is 0.166 e. The van der Waals surface area contributed by atoms with E-state index in [-0.39, 0.29) is 5.75 Å². The molecule has 1 atom stereocenters. The van der Waals surface area contributed by atoms with Crippen molar-refractivity contribution in [1.29, 1.82) is 0 Å². The Morgan fingerprint density at radius 3 is 2.45 bits per heavy atom. The van der Waals surface area contributed by atoms with Crippen LogP contribution in [-0.4, -0.2) is 6.29 Å². The Balaban J connectivity index is 2.16. The third kappa shape index (κ3) is 3.23. The van der Waals surface area contributed by atoms with Gasteiger partial charge in [-0.3, -0.25) is 4.79 Å². The number of halogens is 1. The lowest BCUT2D eigenvalue weighted by Gasteiger charge is -2.11. The standard InChI is InChI=1S/C17H17FO2/c1-3-12(2)14-5-7-15(8-6-14)20-17-9-4-13(11-19)10-16(17)18/h4-12H,3H2,1-2H3. The van der Waals surface area contributed by atoms with E-state index < -0.39 is 5.82 Å². The van der Waals surface area contributed by atoms with Crippen molar-refractivity contribution in [3.05, 3.63) is 59.4 Å². The molecule has 3 heteroatoms. The summed E-state index contributed by atoms with van der Waals surface area (Å²) in [4.78, 5) is 10.6. The number of benzene rings is 2. The van der Waals surface area contributed by atoms with Gasteiger partial charge in [-0.15, -0.1) is 0 Å². The molecule has 0 amide bonds. The third-order valence-corrected chi connectivity index (χ3v) is 3.38. The van der Waals surface area contributed by atoms with Crippen molar-refractivity contribution in [2.75, 3.05) is 0 Å². The molecule has 0 fully saturated rings. The Hall–Kier alpha value is -2.16. The molecule has 20 heavy (non-hydrogen) atoms. The van der Waals surface area contributed by atoms with E-state index in [1.807, 2.05) is 24.3 Å². The van der Waals surface area contributed by atoms with Crippen LogP contribution >= 0.6 is 0 Å². The van der Waals surface area contributed by atoms with Crippen LogP contribution in [0.25, 0.3) is 0 Å². The van der Waals surface area contributed by atoms with Crippen LogP contribution in [0.2, 0.25) is 0 Å². The second-order valence-corrected chi connectivity index (χ2v) is 4.79. The van der Waals surface area contributed by atoms with Gasteiger partial charge >= 0.3 is 0 Å². The third-order valence-electron chi connectivity index (χ3n) is 3.38. The number of hydrogen-bond donors (Lipinski definition) is 0. The van der Waals surface area contributed by atoms with Crippen LogP contribution in [0.4, 0.5) is 4.39 Å². The molecule has 2 nitrogen and oxygen atoms in total. The summed E-state index contributed by atoms with van der Waals surface area (Å²) < 4.78 is 19.2. The molecule has 2 aromatic rings. The number of aldehydes is 1. The van der Waals surface area contributed by atoms with E-state index in [1.165, 1.54) is 17.7 Å². The number of hydrogen-bond acceptors (Lipinski definition) is 2. The summed E-state index contributed by atoms with van der Waals surface area (Å²) in [5, 5.41) is 0. The number of ether oxygens (including phenoxy) is 1. The summed E-state index contributed by atoms with van der Waals surface area (Å²) in [5.41, 5.74) is 1.53. The molecule has 0 aliphatic heterocycles. The molecule has 0 aromatic heterocycles. The highest BCUT2D eigenvalue weighted by Crippen LogP contribution is 2.27. The van der Waals surface area contributed by atoms with Crippen molar-refractivity contribution in [3.63, 3.8) is 0 Å². The average Bonchev–Trinajstić information content (AvgIpc) is 2.49. The first-order valence-corrected chi connectivity index (χ1v) is 6.66. The van der Waals surface area contributed by atoms with Crippen molar-refractivity contribution in [3.8, 4) is 11.5 Å². The first-order valence-electron chi connectivity index (χ1n) is 6.66. The summed E-state index contributed by atoms with van der Waals surface area (Å²) in [5.74, 6) is 0.648. The Bertz CT molecular complexity index is 590. The highest BCUT2D eigenvalue weighted by molar-refractivity contribution is 5.75. The minimum Gasteiger partial charge on any atom is -0.454 e. The molecule has 0 N–H and O–H groups in total. The Labute approximate surface area is 118 Å². The zero-order valence-electron chi connectivity index (χ0n) is 11.6. The van der Waals surface area contributed by atoms with E-state index in [0.717, 1.165) is 12.5 Å². The van der Waals surface area contributed by atoms with Crippen molar-refractivity contribution < 1.29 is 13.9 Å². The zero-order valence-corrected chi connectivity index (χ0v) is 11.6. The molecule has 0 saturated heterocycles. The van der Waals surface area contributed by atoms with Gasteiger partial charge in [0, 0.05) is 5.56 Å². The van der Waals surface area contributed by atoms with Crippen molar-refractivity contribution >= 4 is 6.29 Å². The normalized spacial score (nSPS) is 11.9. The van der Waals surface area contributed by atoms with Crippen LogP contribution < -0.4 is 4.74 Å².